The van der Waals surface area contributed by atoms with E-state index in [9.17, 15) is 18.0 Å². The zero-order valence-corrected chi connectivity index (χ0v) is 10.7. The molecule has 1 fully saturated rings. The number of hydrogen-bond acceptors (Lipinski definition) is 3. The van der Waals surface area contributed by atoms with Crippen molar-refractivity contribution in [2.45, 2.75) is 29.4 Å². The first-order valence-corrected chi connectivity index (χ1v) is 6.48. The zero-order valence-electron chi connectivity index (χ0n) is 9.85. The van der Waals surface area contributed by atoms with Crippen molar-refractivity contribution in [1.29, 1.82) is 0 Å². The molecule has 1 saturated heterocycles. The number of halogens is 3. The Morgan fingerprint density at radius 3 is 2.74 bits per heavy atom. The lowest BCUT2D eigenvalue weighted by Gasteiger charge is -2.37. The summed E-state index contributed by atoms with van der Waals surface area (Å²) < 4.78 is 36.8. The van der Waals surface area contributed by atoms with Gasteiger partial charge in [-0.1, -0.05) is 12.1 Å². The number of hydrogen-bond donors (Lipinski definition) is 1. The second-order valence-corrected chi connectivity index (χ2v) is 5.45. The van der Waals surface area contributed by atoms with Crippen molar-refractivity contribution in [2.24, 2.45) is 0 Å². The zero-order chi connectivity index (χ0) is 14.0. The SMILES string of the molecule is O=C(O)[C@H]1CCN1Cc1cccc(SC(F)(F)F)c1. The summed E-state index contributed by atoms with van der Waals surface area (Å²) in [5.41, 5.74) is -3.61. The molecule has 0 aromatic heterocycles. The summed E-state index contributed by atoms with van der Waals surface area (Å²) in [5.74, 6) is -0.882. The number of carboxylic acid groups (broad SMARTS) is 1. The van der Waals surface area contributed by atoms with E-state index in [1.807, 2.05) is 0 Å². The molecule has 1 aliphatic rings. The third-order valence-corrected chi connectivity index (χ3v) is 3.65. The molecule has 1 N–H and O–H groups in total. The molecule has 1 aromatic carbocycles. The van der Waals surface area contributed by atoms with Crippen LogP contribution in [0.4, 0.5) is 13.2 Å². The minimum absolute atomic E-state index is 0.123. The van der Waals surface area contributed by atoms with Gasteiger partial charge < -0.3 is 5.11 Å². The number of nitrogens with zero attached hydrogens (tertiary/aromatic N) is 1. The van der Waals surface area contributed by atoms with Gasteiger partial charge in [-0.15, -0.1) is 0 Å². The number of benzene rings is 1. The molecular weight excluding hydrogens is 279 g/mol. The number of carboxylic acids is 1. The number of thioether (sulfide) groups is 1. The Morgan fingerprint density at radius 1 is 1.47 bits per heavy atom. The standard InChI is InChI=1S/C12H12F3NO2S/c13-12(14,15)19-9-3-1-2-8(6-9)7-16-5-4-10(16)11(17)18/h1-3,6,10H,4-5,7H2,(H,17,18)/t10-/m1/s1. The van der Waals surface area contributed by atoms with E-state index in [4.69, 9.17) is 5.11 Å². The Morgan fingerprint density at radius 2 is 2.21 bits per heavy atom. The lowest BCUT2D eigenvalue weighted by Crippen LogP contribution is -2.51. The molecule has 1 atom stereocenters. The van der Waals surface area contributed by atoms with E-state index in [1.54, 1.807) is 17.0 Å². The van der Waals surface area contributed by atoms with Crippen molar-refractivity contribution in [3.05, 3.63) is 29.8 Å². The molecule has 2 rings (SSSR count). The first kappa shape index (κ1) is 14.2. The van der Waals surface area contributed by atoms with Crippen LogP contribution in [0.15, 0.2) is 29.2 Å². The van der Waals surface area contributed by atoms with E-state index in [2.05, 4.69) is 0 Å². The van der Waals surface area contributed by atoms with Gasteiger partial charge in [0.15, 0.2) is 0 Å². The Labute approximate surface area is 112 Å². The molecule has 1 aromatic rings. The lowest BCUT2D eigenvalue weighted by molar-refractivity contribution is -0.148. The highest BCUT2D eigenvalue weighted by atomic mass is 32.2. The highest BCUT2D eigenvalue weighted by Crippen LogP contribution is 2.37. The van der Waals surface area contributed by atoms with Crippen LogP contribution in [0.5, 0.6) is 0 Å². The first-order chi connectivity index (χ1) is 8.85. The molecular formula is C12H12F3NO2S. The fourth-order valence-corrected chi connectivity index (χ4v) is 2.61. The Hall–Kier alpha value is -1.21. The molecule has 0 spiro atoms. The summed E-state index contributed by atoms with van der Waals surface area (Å²) in [6.45, 7) is 1.02. The second kappa shape index (κ2) is 5.42. The van der Waals surface area contributed by atoms with Crippen molar-refractivity contribution in [2.75, 3.05) is 6.54 Å². The fraction of sp³-hybridized carbons (Fsp3) is 0.417. The van der Waals surface area contributed by atoms with Gasteiger partial charge in [-0.25, -0.2) is 0 Å². The van der Waals surface area contributed by atoms with Crippen LogP contribution in [0.25, 0.3) is 0 Å². The molecule has 104 valence electrons. The summed E-state index contributed by atoms with van der Waals surface area (Å²) in [4.78, 5) is 12.7. The maximum absolute atomic E-state index is 12.3. The number of carbonyl (C=O) groups is 1. The minimum Gasteiger partial charge on any atom is -0.480 e. The highest BCUT2D eigenvalue weighted by molar-refractivity contribution is 8.00. The molecule has 1 aliphatic heterocycles. The summed E-state index contributed by atoms with van der Waals surface area (Å²) in [7, 11) is 0. The summed E-state index contributed by atoms with van der Waals surface area (Å²) in [6, 6.07) is 5.59. The van der Waals surface area contributed by atoms with E-state index >= 15 is 0 Å². The topological polar surface area (TPSA) is 40.5 Å². The molecule has 19 heavy (non-hydrogen) atoms. The van der Waals surface area contributed by atoms with Gasteiger partial charge in [-0.3, -0.25) is 9.69 Å². The molecule has 7 heteroatoms. The summed E-state index contributed by atoms with van der Waals surface area (Å²) in [5, 5.41) is 8.89. The third kappa shape index (κ3) is 3.87. The molecule has 0 aliphatic carbocycles. The van der Waals surface area contributed by atoms with Gasteiger partial charge in [0.05, 0.1) is 0 Å². The van der Waals surface area contributed by atoms with Gasteiger partial charge in [0.1, 0.15) is 6.04 Å². The molecule has 0 amide bonds. The third-order valence-electron chi connectivity index (χ3n) is 2.93. The molecule has 1 heterocycles. The minimum atomic E-state index is -4.31. The van der Waals surface area contributed by atoms with E-state index < -0.39 is 17.5 Å². The molecule has 3 nitrogen and oxygen atoms in total. The van der Waals surface area contributed by atoms with Gasteiger partial charge >= 0.3 is 11.5 Å². The Balaban J connectivity index is 2.01. The molecule has 0 radical (unpaired) electrons. The first-order valence-electron chi connectivity index (χ1n) is 5.67. The maximum atomic E-state index is 12.3. The van der Waals surface area contributed by atoms with Crippen LogP contribution in [-0.2, 0) is 11.3 Å². The molecule has 0 bridgehead atoms. The smallest absolute Gasteiger partial charge is 0.446 e. The Kier molecular flexibility index (Phi) is 4.05. The van der Waals surface area contributed by atoms with Crippen LogP contribution in [0.2, 0.25) is 0 Å². The number of alkyl halides is 3. The molecule has 0 unspecified atom stereocenters. The van der Waals surface area contributed by atoms with Gasteiger partial charge in [-0.2, -0.15) is 13.2 Å². The van der Waals surface area contributed by atoms with Gasteiger partial charge in [0.2, 0.25) is 0 Å². The van der Waals surface area contributed by atoms with Crippen LogP contribution in [0, 0.1) is 0 Å². The van der Waals surface area contributed by atoms with Crippen LogP contribution in [-0.4, -0.2) is 34.1 Å². The number of likely N-dealkylation sites (tertiary alicyclic amines) is 1. The highest BCUT2D eigenvalue weighted by Gasteiger charge is 2.34. The van der Waals surface area contributed by atoms with E-state index in [-0.39, 0.29) is 16.7 Å². The summed E-state index contributed by atoms with van der Waals surface area (Å²) in [6.07, 6.45) is 0.590. The predicted octanol–water partition coefficient (Wildman–Crippen LogP) is 2.96. The van der Waals surface area contributed by atoms with Crippen molar-refractivity contribution < 1.29 is 23.1 Å². The number of aliphatic carboxylic acids is 1. The van der Waals surface area contributed by atoms with Gasteiger partial charge in [0.25, 0.3) is 0 Å². The maximum Gasteiger partial charge on any atom is 0.446 e. The molecule has 0 saturated carbocycles. The van der Waals surface area contributed by atoms with Crippen LogP contribution >= 0.6 is 11.8 Å². The van der Waals surface area contributed by atoms with Crippen molar-refractivity contribution >= 4 is 17.7 Å². The normalized spacial score (nSPS) is 20.1. The average molecular weight is 291 g/mol. The van der Waals surface area contributed by atoms with Crippen molar-refractivity contribution in [1.82, 2.24) is 4.90 Å². The van der Waals surface area contributed by atoms with Crippen LogP contribution < -0.4 is 0 Å². The van der Waals surface area contributed by atoms with Crippen LogP contribution in [0.3, 0.4) is 0 Å². The summed E-state index contributed by atoms with van der Waals surface area (Å²) >= 11 is -0.160. The fourth-order valence-electron chi connectivity index (χ4n) is 1.99. The van der Waals surface area contributed by atoms with E-state index in [0.29, 0.717) is 25.1 Å². The monoisotopic (exact) mass is 291 g/mol. The number of rotatable bonds is 4. The quantitative estimate of drug-likeness (QED) is 0.866. The second-order valence-electron chi connectivity index (χ2n) is 4.31. The van der Waals surface area contributed by atoms with Crippen LogP contribution in [0.1, 0.15) is 12.0 Å². The lowest BCUT2D eigenvalue weighted by atomic mass is 10.0. The van der Waals surface area contributed by atoms with Crippen molar-refractivity contribution in [3.63, 3.8) is 0 Å². The van der Waals surface area contributed by atoms with Gasteiger partial charge in [-0.05, 0) is 35.9 Å². The van der Waals surface area contributed by atoms with E-state index in [1.165, 1.54) is 12.1 Å². The Bertz CT molecular complexity index is 478. The predicted molar refractivity (Wildman–Crippen MR) is 64.8 cm³/mol. The van der Waals surface area contributed by atoms with E-state index in [0.717, 1.165) is 0 Å². The average Bonchev–Trinajstić information content (AvgIpc) is 2.21. The van der Waals surface area contributed by atoms with Gasteiger partial charge in [0, 0.05) is 18.0 Å². The van der Waals surface area contributed by atoms with Crippen molar-refractivity contribution in [3.8, 4) is 0 Å². The largest absolute Gasteiger partial charge is 0.480 e.